The van der Waals surface area contributed by atoms with Gasteiger partial charge in [0, 0.05) is 41.5 Å². The third kappa shape index (κ3) is 4.86. The van der Waals surface area contributed by atoms with Crippen molar-refractivity contribution in [2.45, 2.75) is 45.7 Å². The number of aromatic nitrogens is 2. The van der Waals surface area contributed by atoms with E-state index in [0.717, 1.165) is 57.8 Å². The van der Waals surface area contributed by atoms with E-state index in [1.54, 1.807) is 36.4 Å². The van der Waals surface area contributed by atoms with Gasteiger partial charge in [0.25, 0.3) is 5.56 Å². The zero-order valence-electron chi connectivity index (χ0n) is 19.6. The van der Waals surface area contributed by atoms with Gasteiger partial charge in [0.05, 0.1) is 25.4 Å². The van der Waals surface area contributed by atoms with E-state index >= 15 is 0 Å². The molecule has 0 radical (unpaired) electrons. The van der Waals surface area contributed by atoms with Crippen LogP contribution in [0.1, 0.15) is 36.3 Å². The van der Waals surface area contributed by atoms with Crippen LogP contribution < -0.4 is 21.3 Å². The molecule has 3 N–H and O–H groups in total. The molecule has 0 bridgehead atoms. The number of thiophene rings is 1. The summed E-state index contributed by atoms with van der Waals surface area (Å²) in [7, 11) is 3.43. The summed E-state index contributed by atoms with van der Waals surface area (Å²) >= 11 is 1.65. The average Bonchev–Trinajstić information content (AvgIpc) is 3.19. The highest BCUT2D eigenvalue weighted by Gasteiger charge is 2.25. The third-order valence-corrected chi connectivity index (χ3v) is 7.50. The van der Waals surface area contributed by atoms with Gasteiger partial charge in [0.2, 0.25) is 0 Å². The summed E-state index contributed by atoms with van der Waals surface area (Å²) in [5.41, 5.74) is 11.1. The number of allylic oxidation sites excluding steroid dienone is 1. The lowest BCUT2D eigenvalue weighted by atomic mass is 9.92. The fraction of sp³-hybridized carbons (Fsp3) is 0.400. The summed E-state index contributed by atoms with van der Waals surface area (Å²) < 4.78 is 7.01. The lowest BCUT2D eigenvalue weighted by Crippen LogP contribution is -2.37. The van der Waals surface area contributed by atoms with E-state index in [1.807, 2.05) is 38.1 Å². The summed E-state index contributed by atoms with van der Waals surface area (Å²) in [6.45, 7) is 5.07. The van der Waals surface area contributed by atoms with Crippen molar-refractivity contribution in [1.29, 1.82) is 0 Å². The van der Waals surface area contributed by atoms with Gasteiger partial charge < -0.3 is 15.8 Å². The molecular formula is C25H31N5O2S. The number of hydrogen-bond donors (Lipinski definition) is 2. The standard InChI is InChI=1S/C25H31N5O2S/c1-15(26)21(16(2)27-3)12-28-18-8-9-20-22(11-18)33-24-23(20)25(31)30(14-29-24)13-17-6-5-7-19(10-17)32-4/h5-7,10,14,18,28H,8-9,11-13,26H2,1-4H3. The zero-order chi connectivity index (χ0) is 23.5. The molecule has 0 spiro atoms. The first-order valence-electron chi connectivity index (χ1n) is 11.2. The Kier molecular flexibility index (Phi) is 6.95. The number of rotatable bonds is 7. The Labute approximate surface area is 198 Å². The highest BCUT2D eigenvalue weighted by atomic mass is 32.1. The van der Waals surface area contributed by atoms with Crippen LogP contribution in [0, 0.1) is 0 Å². The first-order valence-corrected chi connectivity index (χ1v) is 12.0. The summed E-state index contributed by atoms with van der Waals surface area (Å²) in [5.74, 6) is 0.782. The van der Waals surface area contributed by atoms with Gasteiger partial charge in [-0.15, -0.1) is 11.3 Å². The number of nitrogens with two attached hydrogens (primary N) is 1. The molecule has 2 heterocycles. The Bertz CT molecular complexity index is 1280. The van der Waals surface area contributed by atoms with Gasteiger partial charge in [-0.1, -0.05) is 12.1 Å². The van der Waals surface area contributed by atoms with Crippen molar-refractivity contribution in [1.82, 2.24) is 14.9 Å². The molecule has 0 aliphatic heterocycles. The number of aryl methyl sites for hydroxylation is 1. The molecule has 1 aromatic carbocycles. The van der Waals surface area contributed by atoms with Crippen molar-refractivity contribution < 1.29 is 4.74 Å². The quantitative estimate of drug-likeness (QED) is 0.522. The average molecular weight is 466 g/mol. The molecule has 1 atom stereocenters. The van der Waals surface area contributed by atoms with E-state index in [1.165, 1.54) is 10.4 Å². The van der Waals surface area contributed by atoms with Crippen molar-refractivity contribution in [3.8, 4) is 5.75 Å². The summed E-state index contributed by atoms with van der Waals surface area (Å²) in [5, 5.41) is 4.43. The maximum absolute atomic E-state index is 13.3. The molecule has 0 saturated heterocycles. The highest BCUT2D eigenvalue weighted by molar-refractivity contribution is 7.18. The van der Waals surface area contributed by atoms with Crippen LogP contribution in [0.5, 0.6) is 5.75 Å². The number of methoxy groups -OCH3 is 1. The Morgan fingerprint density at radius 3 is 2.94 bits per heavy atom. The Balaban J connectivity index is 1.55. The number of aliphatic imine (C=N–C) groups is 1. The molecule has 1 unspecified atom stereocenters. The van der Waals surface area contributed by atoms with Gasteiger partial charge in [-0.2, -0.15) is 0 Å². The monoisotopic (exact) mass is 465 g/mol. The lowest BCUT2D eigenvalue weighted by Gasteiger charge is -2.24. The van der Waals surface area contributed by atoms with Gasteiger partial charge >= 0.3 is 0 Å². The van der Waals surface area contributed by atoms with Crippen LogP contribution in [0.3, 0.4) is 0 Å². The van der Waals surface area contributed by atoms with E-state index in [2.05, 4.69) is 15.3 Å². The van der Waals surface area contributed by atoms with Crippen LogP contribution in [0.4, 0.5) is 0 Å². The molecule has 2 aromatic heterocycles. The Hall–Kier alpha value is -2.97. The number of hydrogen-bond acceptors (Lipinski definition) is 7. The lowest BCUT2D eigenvalue weighted by molar-refractivity contribution is 0.414. The van der Waals surface area contributed by atoms with Crippen molar-refractivity contribution in [2.24, 2.45) is 10.7 Å². The van der Waals surface area contributed by atoms with E-state index in [0.29, 0.717) is 19.1 Å². The molecule has 1 aliphatic carbocycles. The number of fused-ring (bicyclic) bond motifs is 3. The molecule has 0 amide bonds. The van der Waals surface area contributed by atoms with Crippen molar-refractivity contribution >= 4 is 27.3 Å². The maximum Gasteiger partial charge on any atom is 0.262 e. The van der Waals surface area contributed by atoms with E-state index in [-0.39, 0.29) is 5.56 Å². The SMILES string of the molecule is CN=C(C)C(CNC1CCc2c(sc3ncn(Cc4cccc(OC)c4)c(=O)c23)C1)=C(C)N. The fourth-order valence-electron chi connectivity index (χ4n) is 4.39. The van der Waals surface area contributed by atoms with Crippen LogP contribution in [0.25, 0.3) is 10.2 Å². The van der Waals surface area contributed by atoms with Crippen molar-refractivity contribution in [2.75, 3.05) is 20.7 Å². The Morgan fingerprint density at radius 1 is 1.39 bits per heavy atom. The highest BCUT2D eigenvalue weighted by Crippen LogP contribution is 2.33. The molecule has 3 aromatic rings. The molecule has 1 aliphatic rings. The maximum atomic E-state index is 13.3. The first kappa shape index (κ1) is 23.2. The Morgan fingerprint density at radius 2 is 2.21 bits per heavy atom. The minimum Gasteiger partial charge on any atom is -0.497 e. The van der Waals surface area contributed by atoms with Gasteiger partial charge in [-0.05, 0) is 56.4 Å². The molecule has 8 heteroatoms. The largest absolute Gasteiger partial charge is 0.497 e. The van der Waals surface area contributed by atoms with Gasteiger partial charge in [0.15, 0.2) is 0 Å². The van der Waals surface area contributed by atoms with Crippen LogP contribution in [0.2, 0.25) is 0 Å². The van der Waals surface area contributed by atoms with Crippen LogP contribution in [-0.2, 0) is 19.4 Å². The summed E-state index contributed by atoms with van der Waals surface area (Å²) in [6, 6.07) is 8.12. The topological polar surface area (TPSA) is 94.5 Å². The number of benzene rings is 1. The summed E-state index contributed by atoms with van der Waals surface area (Å²) in [6.07, 6.45) is 4.40. The van der Waals surface area contributed by atoms with Gasteiger partial charge in [0.1, 0.15) is 10.6 Å². The summed E-state index contributed by atoms with van der Waals surface area (Å²) in [4.78, 5) is 24.4. The van der Waals surface area contributed by atoms with Crippen molar-refractivity contribution in [3.63, 3.8) is 0 Å². The van der Waals surface area contributed by atoms with Crippen LogP contribution >= 0.6 is 11.3 Å². The van der Waals surface area contributed by atoms with Gasteiger partial charge in [-0.3, -0.25) is 14.4 Å². The predicted octanol–water partition coefficient (Wildman–Crippen LogP) is 3.29. The number of nitrogens with zero attached hydrogens (tertiary/aromatic N) is 3. The molecule has 33 heavy (non-hydrogen) atoms. The minimum absolute atomic E-state index is 0.0329. The molecule has 0 fully saturated rings. The zero-order valence-corrected chi connectivity index (χ0v) is 20.5. The van der Waals surface area contributed by atoms with Gasteiger partial charge in [-0.25, -0.2) is 4.98 Å². The smallest absolute Gasteiger partial charge is 0.262 e. The first-order chi connectivity index (χ1) is 15.9. The molecular weight excluding hydrogens is 434 g/mol. The fourth-order valence-corrected chi connectivity index (χ4v) is 5.65. The van der Waals surface area contributed by atoms with Crippen molar-refractivity contribution in [3.05, 3.63) is 68.2 Å². The van der Waals surface area contributed by atoms with E-state index in [4.69, 9.17) is 10.5 Å². The second-order valence-corrected chi connectivity index (χ2v) is 9.59. The van der Waals surface area contributed by atoms with Crippen LogP contribution in [0.15, 0.2) is 51.6 Å². The predicted molar refractivity (Wildman–Crippen MR) is 136 cm³/mol. The minimum atomic E-state index is 0.0329. The third-order valence-electron chi connectivity index (χ3n) is 6.34. The van der Waals surface area contributed by atoms with E-state index in [9.17, 15) is 4.79 Å². The molecule has 174 valence electrons. The molecule has 0 saturated carbocycles. The normalized spacial score (nSPS) is 17.1. The molecule has 7 nitrogen and oxygen atoms in total. The number of nitrogens with one attached hydrogen (secondary N) is 1. The second-order valence-electron chi connectivity index (χ2n) is 8.50. The van der Waals surface area contributed by atoms with E-state index < -0.39 is 0 Å². The second kappa shape index (κ2) is 9.89. The molecule has 4 rings (SSSR count). The van der Waals surface area contributed by atoms with Crippen LogP contribution in [-0.4, -0.2) is 42.0 Å². The number of ether oxygens (including phenoxy) is 1.